The molecule has 2 aromatic heterocycles. The summed E-state index contributed by atoms with van der Waals surface area (Å²) in [5.41, 5.74) is 1.92. The van der Waals surface area contributed by atoms with Crippen molar-refractivity contribution in [3.8, 4) is 0 Å². The molecule has 3 atom stereocenters. The van der Waals surface area contributed by atoms with E-state index in [9.17, 15) is 9.90 Å². The Bertz CT molecular complexity index is 1010. The number of aromatic nitrogens is 4. The number of β-amino-alcohol motifs (C(OH)–C–C–N with tert-alkyl or cyclic N) is 1. The molecule has 0 spiro atoms. The summed E-state index contributed by atoms with van der Waals surface area (Å²) >= 11 is 1.60. The van der Waals surface area contributed by atoms with Crippen molar-refractivity contribution in [3.05, 3.63) is 41.2 Å². The van der Waals surface area contributed by atoms with Crippen molar-refractivity contribution >= 4 is 27.5 Å². The predicted octanol–water partition coefficient (Wildman–Crippen LogP) is 3.30. The molecular weight excluding hydrogens is 386 g/mol. The zero-order valence-corrected chi connectivity index (χ0v) is 17.4. The quantitative estimate of drug-likeness (QED) is 0.696. The van der Waals surface area contributed by atoms with E-state index in [1.165, 1.54) is 0 Å². The largest absolute Gasteiger partial charge is 0.391 e. The van der Waals surface area contributed by atoms with E-state index >= 15 is 0 Å². The molecule has 3 unspecified atom stereocenters. The van der Waals surface area contributed by atoms with Gasteiger partial charge in [0.05, 0.1) is 28.1 Å². The van der Waals surface area contributed by atoms with Gasteiger partial charge in [0.25, 0.3) is 0 Å². The van der Waals surface area contributed by atoms with E-state index in [1.54, 1.807) is 20.9 Å². The van der Waals surface area contributed by atoms with Crippen LogP contribution in [0.25, 0.3) is 10.2 Å². The van der Waals surface area contributed by atoms with Gasteiger partial charge in [-0.3, -0.25) is 4.79 Å². The van der Waals surface area contributed by atoms with Crippen LogP contribution in [-0.2, 0) is 4.79 Å². The van der Waals surface area contributed by atoms with Crippen molar-refractivity contribution in [1.29, 1.82) is 0 Å². The van der Waals surface area contributed by atoms with E-state index in [0.717, 1.165) is 33.8 Å². The number of aliphatic hydroxyl groups is 1. The molecule has 1 aliphatic heterocycles. The van der Waals surface area contributed by atoms with Crippen molar-refractivity contribution in [1.82, 2.24) is 24.9 Å². The van der Waals surface area contributed by atoms with Crippen LogP contribution in [0.4, 0.5) is 0 Å². The zero-order chi connectivity index (χ0) is 20.1. The molecule has 1 N–H and O–H groups in total. The lowest BCUT2D eigenvalue weighted by Crippen LogP contribution is -2.40. The number of aliphatic hydroxyl groups excluding tert-OH is 1. The molecule has 1 aromatic carbocycles. The Labute approximate surface area is 173 Å². The van der Waals surface area contributed by atoms with Crippen LogP contribution in [-0.4, -0.2) is 48.5 Å². The highest BCUT2D eigenvalue weighted by molar-refractivity contribution is 7.18. The third kappa shape index (κ3) is 3.44. The zero-order valence-electron chi connectivity index (χ0n) is 16.6. The molecule has 1 amide bonds. The Hall–Kier alpha value is -2.32. The molecule has 152 valence electrons. The first-order valence-electron chi connectivity index (χ1n) is 10.3. The summed E-state index contributed by atoms with van der Waals surface area (Å²) in [6, 6.07) is 7.35. The fourth-order valence-electron chi connectivity index (χ4n) is 4.19. The van der Waals surface area contributed by atoms with Crippen LogP contribution in [0.5, 0.6) is 0 Å². The van der Waals surface area contributed by atoms with Gasteiger partial charge < -0.3 is 10.0 Å². The number of fused-ring (bicyclic) bond motifs is 1. The van der Waals surface area contributed by atoms with Crippen LogP contribution in [0, 0.1) is 5.92 Å². The van der Waals surface area contributed by atoms with Crippen LogP contribution in [0.2, 0.25) is 0 Å². The van der Waals surface area contributed by atoms with Crippen molar-refractivity contribution in [2.24, 2.45) is 5.92 Å². The van der Waals surface area contributed by atoms with E-state index < -0.39 is 12.1 Å². The lowest BCUT2D eigenvalue weighted by atomic mass is 10.0. The van der Waals surface area contributed by atoms with Crippen molar-refractivity contribution in [2.45, 2.75) is 57.2 Å². The van der Waals surface area contributed by atoms with Gasteiger partial charge in [-0.2, -0.15) is 0 Å². The standard InChI is InChI=1S/C21H25N5O2S/c1-12(2)19(26-11-16(23-24-26)13-7-8-13)21(28)25-10-14(27)9-17(25)20-22-15-5-3-4-6-18(15)29-20/h3-6,11-14,17,19,27H,7-10H2,1-2H3. The Morgan fingerprint density at radius 2 is 2.07 bits per heavy atom. The van der Waals surface area contributed by atoms with Crippen LogP contribution in [0.1, 0.15) is 61.8 Å². The second-order valence-electron chi connectivity index (χ2n) is 8.50. The Morgan fingerprint density at radius 1 is 1.28 bits per heavy atom. The van der Waals surface area contributed by atoms with Gasteiger partial charge in [0.2, 0.25) is 5.91 Å². The smallest absolute Gasteiger partial charge is 0.248 e. The number of likely N-dealkylation sites (tertiary alicyclic amines) is 1. The molecule has 2 aliphatic rings. The number of hydrogen-bond acceptors (Lipinski definition) is 6. The Kier molecular flexibility index (Phi) is 4.63. The van der Waals surface area contributed by atoms with E-state index in [2.05, 4.69) is 10.3 Å². The maximum Gasteiger partial charge on any atom is 0.248 e. The average Bonchev–Trinajstić information content (AvgIpc) is 3.11. The first-order valence-corrected chi connectivity index (χ1v) is 11.1. The molecule has 8 heteroatoms. The summed E-state index contributed by atoms with van der Waals surface area (Å²) in [5, 5.41) is 19.8. The number of para-hydroxylation sites is 1. The van der Waals surface area contributed by atoms with Gasteiger partial charge in [0, 0.05) is 25.1 Å². The van der Waals surface area contributed by atoms with Gasteiger partial charge in [-0.15, -0.1) is 16.4 Å². The minimum atomic E-state index is -0.540. The van der Waals surface area contributed by atoms with Crippen LogP contribution in [0.15, 0.2) is 30.5 Å². The van der Waals surface area contributed by atoms with Crippen molar-refractivity contribution in [2.75, 3.05) is 6.54 Å². The summed E-state index contributed by atoms with van der Waals surface area (Å²) in [4.78, 5) is 20.2. The highest BCUT2D eigenvalue weighted by atomic mass is 32.1. The number of amides is 1. The van der Waals surface area contributed by atoms with Gasteiger partial charge in [0.1, 0.15) is 11.0 Å². The Balaban J connectivity index is 1.46. The van der Waals surface area contributed by atoms with Crippen LogP contribution < -0.4 is 0 Å². The van der Waals surface area contributed by atoms with Gasteiger partial charge in [-0.25, -0.2) is 9.67 Å². The topological polar surface area (TPSA) is 84.1 Å². The van der Waals surface area contributed by atoms with Gasteiger partial charge in [-0.05, 0) is 30.9 Å². The summed E-state index contributed by atoms with van der Waals surface area (Å²) < 4.78 is 2.82. The van der Waals surface area contributed by atoms with E-state index in [-0.39, 0.29) is 17.9 Å². The predicted molar refractivity (Wildman–Crippen MR) is 111 cm³/mol. The molecular formula is C21H25N5O2S. The van der Waals surface area contributed by atoms with Gasteiger partial charge in [-0.1, -0.05) is 31.2 Å². The number of benzene rings is 1. The van der Waals surface area contributed by atoms with E-state index in [4.69, 9.17) is 4.98 Å². The van der Waals surface area contributed by atoms with Crippen LogP contribution in [0.3, 0.4) is 0 Å². The molecule has 5 rings (SSSR count). The fraction of sp³-hybridized carbons (Fsp3) is 0.524. The van der Waals surface area contributed by atoms with Gasteiger partial charge >= 0.3 is 0 Å². The first-order chi connectivity index (χ1) is 14.0. The summed E-state index contributed by atoms with van der Waals surface area (Å²) in [5.74, 6) is 0.536. The van der Waals surface area contributed by atoms with Crippen molar-refractivity contribution in [3.63, 3.8) is 0 Å². The molecule has 2 fully saturated rings. The van der Waals surface area contributed by atoms with Gasteiger partial charge in [0.15, 0.2) is 0 Å². The number of nitrogens with zero attached hydrogens (tertiary/aromatic N) is 5. The first kappa shape index (κ1) is 18.7. The lowest BCUT2D eigenvalue weighted by molar-refractivity contribution is -0.137. The number of hydrogen-bond donors (Lipinski definition) is 1. The summed E-state index contributed by atoms with van der Waals surface area (Å²) in [6.07, 6.45) is 4.20. The molecule has 1 saturated carbocycles. The normalized spacial score (nSPS) is 23.2. The highest BCUT2D eigenvalue weighted by Crippen LogP contribution is 2.40. The van der Waals surface area contributed by atoms with Crippen LogP contribution >= 0.6 is 11.3 Å². The molecule has 0 bridgehead atoms. The number of carbonyl (C=O) groups is 1. The highest BCUT2D eigenvalue weighted by Gasteiger charge is 2.41. The molecule has 3 aromatic rings. The third-order valence-electron chi connectivity index (χ3n) is 5.85. The van der Waals surface area contributed by atoms with E-state index in [1.807, 2.05) is 44.3 Å². The summed E-state index contributed by atoms with van der Waals surface area (Å²) in [7, 11) is 0. The number of thiazole rings is 1. The maximum atomic E-state index is 13.6. The second kappa shape index (κ2) is 7.18. The minimum absolute atomic E-state index is 0.0203. The fourth-order valence-corrected chi connectivity index (χ4v) is 5.28. The van der Waals surface area contributed by atoms with E-state index in [0.29, 0.717) is 18.9 Å². The van der Waals surface area contributed by atoms with Crippen molar-refractivity contribution < 1.29 is 9.90 Å². The SMILES string of the molecule is CC(C)C(C(=O)N1CC(O)CC1c1nc2ccccc2s1)n1cc(C2CC2)nn1. The number of carbonyl (C=O) groups excluding carboxylic acids is 1. The maximum absolute atomic E-state index is 13.6. The second-order valence-corrected chi connectivity index (χ2v) is 9.56. The summed E-state index contributed by atoms with van der Waals surface area (Å²) in [6.45, 7) is 4.38. The molecule has 7 nitrogen and oxygen atoms in total. The molecule has 1 aliphatic carbocycles. The molecule has 29 heavy (non-hydrogen) atoms. The Morgan fingerprint density at radius 3 is 2.79 bits per heavy atom. The third-order valence-corrected chi connectivity index (χ3v) is 6.99. The molecule has 1 saturated heterocycles. The molecule has 3 heterocycles. The number of rotatable bonds is 5. The molecule has 0 radical (unpaired) electrons. The monoisotopic (exact) mass is 411 g/mol. The average molecular weight is 412 g/mol. The minimum Gasteiger partial charge on any atom is -0.391 e. The lowest BCUT2D eigenvalue weighted by Gasteiger charge is -2.29.